The molecule has 1 saturated heterocycles. The standard InChI is InChI=1S/C65H118O12/c1-4-7-10-13-16-19-22-25-27-29-31-34-36-39-42-45-48-51-57(66)73-54-56(75-58(67)52-49-46-43-40-37-33-24-21-18-15-12-9-6-3)55-74-65-63(61(70)60(69)62(77-65)64(71)72)76-59(68)53-50-47-44-41-38-35-32-30-28-26-23-20-17-14-11-8-5-2/h17,20,26,28,56,60-63,65,69-70H,4-16,18-19,21-25,27,29-55H2,1-3H3,(H,71,72)/b20-17-,28-26-. The highest BCUT2D eigenvalue weighted by Crippen LogP contribution is 2.27. The topological polar surface area (TPSA) is 175 Å². The third-order valence-corrected chi connectivity index (χ3v) is 15.0. The Balaban J connectivity index is 2.64. The van der Waals surface area contributed by atoms with Crippen molar-refractivity contribution in [1.29, 1.82) is 0 Å². The highest BCUT2D eigenvalue weighted by molar-refractivity contribution is 5.74. The summed E-state index contributed by atoms with van der Waals surface area (Å²) in [6.07, 6.45) is 49.9. The van der Waals surface area contributed by atoms with Crippen molar-refractivity contribution in [2.75, 3.05) is 13.2 Å². The molecule has 1 aliphatic heterocycles. The van der Waals surface area contributed by atoms with Gasteiger partial charge in [0.25, 0.3) is 0 Å². The molecule has 6 atom stereocenters. The molecule has 450 valence electrons. The van der Waals surface area contributed by atoms with Gasteiger partial charge in [-0.05, 0) is 51.4 Å². The number of aliphatic hydroxyl groups excluding tert-OH is 2. The van der Waals surface area contributed by atoms with Gasteiger partial charge in [-0.15, -0.1) is 0 Å². The van der Waals surface area contributed by atoms with E-state index in [1.807, 2.05) is 0 Å². The lowest BCUT2D eigenvalue weighted by Gasteiger charge is -2.40. The molecule has 6 unspecified atom stereocenters. The van der Waals surface area contributed by atoms with Crippen molar-refractivity contribution in [3.8, 4) is 0 Å². The summed E-state index contributed by atoms with van der Waals surface area (Å²) in [7, 11) is 0. The maximum absolute atomic E-state index is 13.2. The van der Waals surface area contributed by atoms with Crippen LogP contribution in [0.1, 0.15) is 316 Å². The van der Waals surface area contributed by atoms with Gasteiger partial charge in [-0.2, -0.15) is 0 Å². The van der Waals surface area contributed by atoms with Gasteiger partial charge in [0, 0.05) is 19.3 Å². The molecule has 12 heteroatoms. The normalized spacial score (nSPS) is 18.1. The lowest BCUT2D eigenvalue weighted by atomic mass is 9.98. The molecule has 0 amide bonds. The van der Waals surface area contributed by atoms with Crippen LogP contribution in [-0.2, 0) is 42.9 Å². The number of aliphatic carboxylic acids is 1. The molecule has 0 aromatic carbocycles. The van der Waals surface area contributed by atoms with E-state index in [-0.39, 0.29) is 25.9 Å². The SMILES string of the molecule is CCCCC/C=C\C/C=C\CCCCCCCCCC(=O)OC1C(OCC(COC(=O)CCCCCCCCCCCCCCCCCCC)OC(=O)CCCCCCCCCCCCCCC)OC(C(=O)O)C(O)C1O. The molecule has 0 saturated carbocycles. The lowest BCUT2D eigenvalue weighted by Crippen LogP contribution is -2.61. The summed E-state index contributed by atoms with van der Waals surface area (Å²) in [5, 5.41) is 31.6. The van der Waals surface area contributed by atoms with Gasteiger partial charge >= 0.3 is 23.9 Å². The van der Waals surface area contributed by atoms with E-state index in [0.717, 1.165) is 89.9 Å². The van der Waals surface area contributed by atoms with Crippen molar-refractivity contribution in [1.82, 2.24) is 0 Å². The van der Waals surface area contributed by atoms with Crippen molar-refractivity contribution < 1.29 is 58.2 Å². The number of carboxylic acids is 1. The van der Waals surface area contributed by atoms with Crippen molar-refractivity contribution in [3.05, 3.63) is 24.3 Å². The van der Waals surface area contributed by atoms with Crippen LogP contribution in [0.25, 0.3) is 0 Å². The van der Waals surface area contributed by atoms with Gasteiger partial charge in [-0.25, -0.2) is 4.79 Å². The summed E-state index contributed by atoms with van der Waals surface area (Å²) >= 11 is 0. The van der Waals surface area contributed by atoms with Crippen LogP contribution in [-0.4, -0.2) is 89.2 Å². The Hall–Kier alpha value is -2.80. The largest absolute Gasteiger partial charge is 0.479 e. The van der Waals surface area contributed by atoms with E-state index in [0.29, 0.717) is 19.3 Å². The second-order valence-corrected chi connectivity index (χ2v) is 22.4. The van der Waals surface area contributed by atoms with Gasteiger partial charge in [0.2, 0.25) is 0 Å². The minimum Gasteiger partial charge on any atom is -0.479 e. The molecule has 77 heavy (non-hydrogen) atoms. The molecule has 0 aliphatic carbocycles. The maximum Gasteiger partial charge on any atom is 0.335 e. The minimum absolute atomic E-state index is 0.0566. The van der Waals surface area contributed by atoms with Crippen LogP contribution in [0.2, 0.25) is 0 Å². The van der Waals surface area contributed by atoms with Gasteiger partial charge in [-0.3, -0.25) is 14.4 Å². The van der Waals surface area contributed by atoms with Gasteiger partial charge < -0.3 is 39.0 Å². The van der Waals surface area contributed by atoms with Crippen LogP contribution < -0.4 is 0 Å². The number of hydrogen-bond acceptors (Lipinski definition) is 11. The van der Waals surface area contributed by atoms with Crippen LogP contribution in [0, 0.1) is 0 Å². The molecule has 0 aromatic heterocycles. The van der Waals surface area contributed by atoms with Crippen molar-refractivity contribution >= 4 is 23.9 Å². The van der Waals surface area contributed by atoms with E-state index in [1.165, 1.54) is 167 Å². The fourth-order valence-electron chi connectivity index (χ4n) is 10.0. The first kappa shape index (κ1) is 72.2. The Morgan fingerprint density at radius 3 is 1.19 bits per heavy atom. The summed E-state index contributed by atoms with van der Waals surface area (Å²) in [6.45, 7) is 6.02. The Morgan fingerprint density at radius 1 is 0.429 bits per heavy atom. The Kier molecular flexibility index (Phi) is 50.5. The van der Waals surface area contributed by atoms with Crippen LogP contribution in [0.3, 0.4) is 0 Å². The fourth-order valence-corrected chi connectivity index (χ4v) is 10.0. The van der Waals surface area contributed by atoms with Crippen LogP contribution >= 0.6 is 0 Å². The van der Waals surface area contributed by atoms with Crippen LogP contribution in [0.5, 0.6) is 0 Å². The third kappa shape index (κ3) is 43.7. The molecule has 1 aliphatic rings. The van der Waals surface area contributed by atoms with Gasteiger partial charge in [0.15, 0.2) is 24.6 Å². The van der Waals surface area contributed by atoms with Crippen molar-refractivity contribution in [2.24, 2.45) is 0 Å². The van der Waals surface area contributed by atoms with E-state index in [2.05, 4.69) is 45.1 Å². The molecule has 0 radical (unpaired) electrons. The van der Waals surface area contributed by atoms with E-state index in [4.69, 9.17) is 23.7 Å². The second-order valence-electron chi connectivity index (χ2n) is 22.4. The number of esters is 3. The zero-order valence-electron chi connectivity index (χ0n) is 49.7. The summed E-state index contributed by atoms with van der Waals surface area (Å²) in [5.74, 6) is -3.09. The molecule has 0 spiro atoms. The predicted molar refractivity (Wildman–Crippen MR) is 313 cm³/mol. The van der Waals surface area contributed by atoms with Crippen molar-refractivity contribution in [3.63, 3.8) is 0 Å². The molecular formula is C65H118O12. The molecule has 1 heterocycles. The number of carboxylic acid groups (broad SMARTS) is 1. The highest BCUT2D eigenvalue weighted by Gasteiger charge is 2.50. The summed E-state index contributed by atoms with van der Waals surface area (Å²) in [6, 6.07) is 0. The van der Waals surface area contributed by atoms with Crippen LogP contribution in [0.4, 0.5) is 0 Å². The zero-order chi connectivity index (χ0) is 56.1. The van der Waals surface area contributed by atoms with Gasteiger partial charge in [0.05, 0.1) is 6.61 Å². The smallest absolute Gasteiger partial charge is 0.335 e. The predicted octanol–water partition coefficient (Wildman–Crippen LogP) is 17.0. The summed E-state index contributed by atoms with van der Waals surface area (Å²) < 4.78 is 28.5. The first-order valence-corrected chi connectivity index (χ1v) is 32.3. The number of allylic oxidation sites excluding steroid dienone is 4. The first-order chi connectivity index (χ1) is 37.6. The third-order valence-electron chi connectivity index (χ3n) is 15.0. The molecule has 0 bridgehead atoms. The van der Waals surface area contributed by atoms with Gasteiger partial charge in [0.1, 0.15) is 18.8 Å². The molecule has 0 aromatic rings. The minimum atomic E-state index is -1.90. The van der Waals surface area contributed by atoms with Crippen LogP contribution in [0.15, 0.2) is 24.3 Å². The number of carbonyl (C=O) groups is 4. The Labute approximate surface area is 470 Å². The molecular weight excluding hydrogens is 973 g/mol. The van der Waals surface area contributed by atoms with Crippen molar-refractivity contribution in [2.45, 2.75) is 353 Å². The number of unbranched alkanes of at least 4 members (excludes halogenated alkanes) is 38. The Bertz CT molecular complexity index is 1430. The number of aliphatic hydroxyl groups is 2. The number of ether oxygens (including phenoxy) is 5. The summed E-state index contributed by atoms with van der Waals surface area (Å²) in [4.78, 5) is 51.2. The number of carbonyl (C=O) groups excluding carboxylic acids is 3. The average Bonchev–Trinajstić information content (AvgIpc) is 3.42. The second kappa shape index (κ2) is 53.8. The first-order valence-electron chi connectivity index (χ1n) is 32.3. The van der Waals surface area contributed by atoms with Gasteiger partial charge in [-0.1, -0.05) is 270 Å². The number of hydrogen-bond donors (Lipinski definition) is 3. The molecule has 12 nitrogen and oxygen atoms in total. The molecule has 1 fully saturated rings. The van der Waals surface area contributed by atoms with E-state index >= 15 is 0 Å². The lowest BCUT2D eigenvalue weighted by molar-refractivity contribution is -0.301. The van der Waals surface area contributed by atoms with E-state index in [9.17, 15) is 34.5 Å². The fraction of sp³-hybridized carbons (Fsp3) is 0.877. The van der Waals surface area contributed by atoms with E-state index < -0.39 is 67.3 Å². The maximum atomic E-state index is 13.2. The average molecular weight is 1090 g/mol. The monoisotopic (exact) mass is 1090 g/mol. The zero-order valence-corrected chi connectivity index (χ0v) is 49.7. The Morgan fingerprint density at radius 2 is 0.779 bits per heavy atom. The quantitative estimate of drug-likeness (QED) is 0.0228. The highest BCUT2D eigenvalue weighted by atomic mass is 16.7. The number of rotatable bonds is 56. The molecule has 1 rings (SSSR count). The van der Waals surface area contributed by atoms with E-state index in [1.54, 1.807) is 0 Å². The molecule has 3 N–H and O–H groups in total. The summed E-state index contributed by atoms with van der Waals surface area (Å²) in [5.41, 5.74) is 0.